The lowest BCUT2D eigenvalue weighted by Gasteiger charge is -2.18. The molecular formula is C15H20ClN3O2. The minimum Gasteiger partial charge on any atom is -0.354 e. The van der Waals surface area contributed by atoms with Crippen LogP contribution in [0.2, 0.25) is 5.02 Å². The van der Waals surface area contributed by atoms with Gasteiger partial charge in [-0.1, -0.05) is 25.4 Å². The molecule has 3 amide bonds. The van der Waals surface area contributed by atoms with Crippen LogP contribution in [0.3, 0.4) is 0 Å². The van der Waals surface area contributed by atoms with E-state index < -0.39 is 0 Å². The Morgan fingerprint density at radius 1 is 1.29 bits per heavy atom. The summed E-state index contributed by atoms with van der Waals surface area (Å²) in [5.41, 5.74) is 0.800. The fraction of sp³-hybridized carbons (Fsp3) is 0.467. The second-order valence-corrected chi connectivity index (χ2v) is 5.97. The summed E-state index contributed by atoms with van der Waals surface area (Å²) in [5, 5.41) is 3.46. The van der Waals surface area contributed by atoms with Gasteiger partial charge in [0.2, 0.25) is 5.91 Å². The van der Waals surface area contributed by atoms with Crippen LogP contribution < -0.4 is 10.2 Å². The van der Waals surface area contributed by atoms with E-state index in [9.17, 15) is 9.59 Å². The molecular weight excluding hydrogens is 290 g/mol. The van der Waals surface area contributed by atoms with Crippen molar-refractivity contribution in [3.05, 3.63) is 29.3 Å². The minimum absolute atomic E-state index is 0.107. The van der Waals surface area contributed by atoms with Gasteiger partial charge in [0.15, 0.2) is 0 Å². The molecule has 0 aliphatic carbocycles. The molecule has 0 radical (unpaired) electrons. The fourth-order valence-electron chi connectivity index (χ4n) is 2.14. The van der Waals surface area contributed by atoms with E-state index in [-0.39, 0.29) is 18.5 Å². The van der Waals surface area contributed by atoms with Crippen molar-refractivity contribution >= 4 is 29.2 Å². The molecule has 2 rings (SSSR count). The second-order valence-electron chi connectivity index (χ2n) is 5.53. The summed E-state index contributed by atoms with van der Waals surface area (Å²) >= 11 is 5.85. The first kappa shape index (κ1) is 15.6. The van der Waals surface area contributed by atoms with Crippen LogP contribution in [0, 0.1) is 5.92 Å². The molecule has 0 bridgehead atoms. The Labute approximate surface area is 129 Å². The highest BCUT2D eigenvalue weighted by molar-refractivity contribution is 6.30. The number of urea groups is 1. The van der Waals surface area contributed by atoms with Crippen molar-refractivity contribution in [2.24, 2.45) is 5.92 Å². The maximum absolute atomic E-state index is 12.3. The van der Waals surface area contributed by atoms with Crippen LogP contribution in [0.5, 0.6) is 0 Å². The van der Waals surface area contributed by atoms with Crippen LogP contribution in [0.15, 0.2) is 24.3 Å². The second kappa shape index (κ2) is 6.80. The zero-order valence-electron chi connectivity index (χ0n) is 12.3. The molecule has 1 aromatic carbocycles. The van der Waals surface area contributed by atoms with E-state index in [2.05, 4.69) is 5.32 Å². The summed E-state index contributed by atoms with van der Waals surface area (Å²) < 4.78 is 0. The average molecular weight is 310 g/mol. The van der Waals surface area contributed by atoms with Gasteiger partial charge in [-0.15, -0.1) is 0 Å². The number of nitrogens with zero attached hydrogens (tertiary/aromatic N) is 2. The molecule has 0 saturated carbocycles. The van der Waals surface area contributed by atoms with E-state index >= 15 is 0 Å². The molecule has 5 nitrogen and oxygen atoms in total. The third kappa shape index (κ3) is 4.11. The molecule has 6 heteroatoms. The summed E-state index contributed by atoms with van der Waals surface area (Å²) in [7, 11) is 0. The molecule has 1 aliphatic rings. The van der Waals surface area contributed by atoms with Gasteiger partial charge in [0.05, 0.1) is 0 Å². The first-order valence-corrected chi connectivity index (χ1v) is 7.44. The van der Waals surface area contributed by atoms with Gasteiger partial charge >= 0.3 is 6.03 Å². The van der Waals surface area contributed by atoms with Gasteiger partial charge in [-0.25, -0.2) is 4.79 Å². The highest BCUT2D eigenvalue weighted by Crippen LogP contribution is 2.22. The highest BCUT2D eigenvalue weighted by atomic mass is 35.5. The molecule has 0 unspecified atom stereocenters. The Morgan fingerprint density at radius 2 is 1.95 bits per heavy atom. The quantitative estimate of drug-likeness (QED) is 0.908. The zero-order valence-corrected chi connectivity index (χ0v) is 13.1. The standard InChI is InChI=1S/C15H20ClN3O2/c1-11(2)9-17-14(20)10-18-7-8-19(15(18)21)13-5-3-12(16)4-6-13/h3-6,11H,7-10H2,1-2H3,(H,17,20). The van der Waals surface area contributed by atoms with Crippen molar-refractivity contribution in [3.8, 4) is 0 Å². The van der Waals surface area contributed by atoms with Crippen molar-refractivity contribution in [2.75, 3.05) is 31.1 Å². The Hall–Kier alpha value is -1.75. The Balaban J connectivity index is 1.92. The van der Waals surface area contributed by atoms with E-state index in [1.807, 2.05) is 26.0 Å². The van der Waals surface area contributed by atoms with E-state index in [0.29, 0.717) is 30.6 Å². The van der Waals surface area contributed by atoms with Gasteiger partial charge < -0.3 is 10.2 Å². The number of carbonyl (C=O) groups excluding carboxylic acids is 2. The lowest BCUT2D eigenvalue weighted by atomic mass is 10.2. The molecule has 1 aromatic rings. The Kier molecular flexibility index (Phi) is 5.07. The first-order valence-electron chi connectivity index (χ1n) is 7.06. The SMILES string of the molecule is CC(C)CNC(=O)CN1CCN(c2ccc(Cl)cc2)C1=O. The highest BCUT2D eigenvalue weighted by Gasteiger charge is 2.30. The molecule has 0 spiro atoms. The van der Waals surface area contributed by atoms with Crippen LogP contribution in [0.1, 0.15) is 13.8 Å². The third-order valence-corrected chi connectivity index (χ3v) is 3.53. The summed E-state index contributed by atoms with van der Waals surface area (Å²) in [6.45, 7) is 5.93. The first-order chi connectivity index (χ1) is 9.97. The van der Waals surface area contributed by atoms with Crippen molar-refractivity contribution in [2.45, 2.75) is 13.8 Å². The summed E-state index contributed by atoms with van der Waals surface area (Å²) in [6, 6.07) is 6.98. The van der Waals surface area contributed by atoms with Gasteiger partial charge in [-0.3, -0.25) is 9.69 Å². The maximum Gasteiger partial charge on any atom is 0.325 e. The van der Waals surface area contributed by atoms with Crippen LogP contribution in [-0.2, 0) is 4.79 Å². The molecule has 114 valence electrons. The number of amides is 3. The van der Waals surface area contributed by atoms with Crippen LogP contribution in [0.4, 0.5) is 10.5 Å². The predicted molar refractivity (Wildman–Crippen MR) is 83.6 cm³/mol. The Morgan fingerprint density at radius 3 is 2.57 bits per heavy atom. The molecule has 0 atom stereocenters. The van der Waals surface area contributed by atoms with Gasteiger partial charge in [0.25, 0.3) is 0 Å². The molecule has 1 saturated heterocycles. The fourth-order valence-corrected chi connectivity index (χ4v) is 2.26. The van der Waals surface area contributed by atoms with Gasteiger partial charge in [-0.05, 0) is 30.2 Å². The van der Waals surface area contributed by atoms with E-state index in [4.69, 9.17) is 11.6 Å². The van der Waals surface area contributed by atoms with Gasteiger partial charge in [0.1, 0.15) is 6.54 Å². The van der Waals surface area contributed by atoms with E-state index in [1.165, 1.54) is 0 Å². The lowest BCUT2D eigenvalue weighted by molar-refractivity contribution is -0.121. The lowest BCUT2D eigenvalue weighted by Crippen LogP contribution is -2.40. The largest absolute Gasteiger partial charge is 0.354 e. The normalized spacial score (nSPS) is 15.0. The number of benzene rings is 1. The van der Waals surface area contributed by atoms with Crippen molar-refractivity contribution in [1.82, 2.24) is 10.2 Å². The number of hydrogen-bond acceptors (Lipinski definition) is 2. The summed E-state index contributed by atoms with van der Waals surface area (Å²) in [4.78, 5) is 27.3. The van der Waals surface area contributed by atoms with Crippen LogP contribution >= 0.6 is 11.6 Å². The molecule has 1 N–H and O–H groups in total. The van der Waals surface area contributed by atoms with E-state index in [1.54, 1.807) is 21.9 Å². The van der Waals surface area contributed by atoms with Crippen LogP contribution in [0.25, 0.3) is 0 Å². The van der Waals surface area contributed by atoms with Gasteiger partial charge in [-0.2, -0.15) is 0 Å². The monoisotopic (exact) mass is 309 g/mol. The smallest absolute Gasteiger partial charge is 0.325 e. The summed E-state index contributed by atoms with van der Waals surface area (Å²) in [5.74, 6) is 0.281. The molecule has 1 fully saturated rings. The number of nitrogens with one attached hydrogen (secondary N) is 1. The predicted octanol–water partition coefficient (Wildman–Crippen LogP) is 2.35. The molecule has 1 aliphatic heterocycles. The number of carbonyl (C=O) groups is 2. The number of anilines is 1. The number of rotatable bonds is 5. The zero-order chi connectivity index (χ0) is 15.4. The number of hydrogen-bond donors (Lipinski definition) is 1. The molecule has 1 heterocycles. The van der Waals surface area contributed by atoms with Crippen LogP contribution in [-0.4, -0.2) is 43.0 Å². The average Bonchev–Trinajstić information content (AvgIpc) is 2.79. The van der Waals surface area contributed by atoms with Crippen molar-refractivity contribution in [1.29, 1.82) is 0 Å². The topological polar surface area (TPSA) is 52.7 Å². The van der Waals surface area contributed by atoms with Gasteiger partial charge in [0, 0.05) is 30.3 Å². The van der Waals surface area contributed by atoms with Crippen molar-refractivity contribution < 1.29 is 9.59 Å². The molecule has 0 aromatic heterocycles. The third-order valence-electron chi connectivity index (χ3n) is 3.28. The summed E-state index contributed by atoms with van der Waals surface area (Å²) in [6.07, 6.45) is 0. The number of halogens is 1. The van der Waals surface area contributed by atoms with Crippen molar-refractivity contribution in [3.63, 3.8) is 0 Å². The Bertz CT molecular complexity index is 516. The molecule has 21 heavy (non-hydrogen) atoms. The minimum atomic E-state index is -0.142. The van der Waals surface area contributed by atoms with E-state index in [0.717, 1.165) is 5.69 Å². The maximum atomic E-state index is 12.3.